The molecular weight excluding hydrogens is 718 g/mol. The highest BCUT2D eigenvalue weighted by Crippen LogP contribution is 2.34. The second-order valence-electron chi connectivity index (χ2n) is 14.5. The number of nitrogens with one attached hydrogen (secondary N) is 3. The highest BCUT2D eigenvalue weighted by molar-refractivity contribution is 5.87. The van der Waals surface area contributed by atoms with Crippen molar-refractivity contribution in [1.29, 1.82) is 0 Å². The molecular formula is C43H81N3O10. The van der Waals surface area contributed by atoms with E-state index in [1.165, 1.54) is 56.8 Å². The quantitative estimate of drug-likeness (QED) is 0.0365. The molecule has 0 radical (unpaired) electrons. The van der Waals surface area contributed by atoms with Crippen molar-refractivity contribution >= 4 is 17.7 Å². The topological polar surface area (TPSA) is 185 Å². The van der Waals surface area contributed by atoms with E-state index in [9.17, 15) is 29.7 Å². The number of rotatable bonds is 36. The van der Waals surface area contributed by atoms with Crippen molar-refractivity contribution in [3.05, 3.63) is 38.0 Å². The Morgan fingerprint density at radius 3 is 1.11 bits per heavy atom. The van der Waals surface area contributed by atoms with Crippen LogP contribution < -0.4 is 16.0 Å². The van der Waals surface area contributed by atoms with Gasteiger partial charge in [-0.25, -0.2) is 0 Å². The number of hydrogen-bond donors (Lipinski definition) is 6. The van der Waals surface area contributed by atoms with Gasteiger partial charge in [0.25, 0.3) is 0 Å². The number of carbonyl (C=O) groups excluding carboxylic acids is 3. The molecule has 0 spiro atoms. The number of carbonyl (C=O) groups is 3. The number of amides is 3. The lowest BCUT2D eigenvalue weighted by molar-refractivity contribution is -0.117. The first kappa shape index (κ1) is 55.4. The zero-order valence-electron chi connectivity index (χ0n) is 35.9. The zero-order chi connectivity index (χ0) is 42.7. The Bertz CT molecular complexity index is 959. The van der Waals surface area contributed by atoms with E-state index in [4.69, 9.17) is 18.9 Å². The van der Waals surface area contributed by atoms with Gasteiger partial charge >= 0.3 is 0 Å². The van der Waals surface area contributed by atoms with Crippen molar-refractivity contribution in [3.8, 4) is 0 Å². The third-order valence-electron chi connectivity index (χ3n) is 10.7. The van der Waals surface area contributed by atoms with Crippen molar-refractivity contribution in [1.82, 2.24) is 16.0 Å². The Morgan fingerprint density at radius 2 is 0.821 bits per heavy atom. The lowest BCUT2D eigenvalue weighted by Crippen LogP contribution is -2.32. The molecule has 3 unspecified atom stereocenters. The number of aliphatic hydroxyl groups is 3. The fraction of sp³-hybridized carbons (Fsp3) is 0.791. The first-order valence-electron chi connectivity index (χ1n) is 20.9. The van der Waals surface area contributed by atoms with Gasteiger partial charge in [0, 0.05) is 19.6 Å². The van der Waals surface area contributed by atoms with Crippen LogP contribution in [0.3, 0.4) is 0 Å². The van der Waals surface area contributed by atoms with Crippen molar-refractivity contribution < 1.29 is 48.7 Å². The van der Waals surface area contributed by atoms with Crippen LogP contribution in [-0.2, 0) is 33.3 Å². The molecule has 56 heavy (non-hydrogen) atoms. The molecule has 3 amide bonds. The normalized spacial score (nSPS) is 13.7. The molecule has 0 rings (SSSR count). The van der Waals surface area contributed by atoms with Crippen LogP contribution in [0.5, 0.6) is 0 Å². The van der Waals surface area contributed by atoms with Crippen LogP contribution in [0.4, 0.5) is 0 Å². The highest BCUT2D eigenvalue weighted by atomic mass is 16.6. The standard InChI is InChI=1S/C27H47N3O9.C16H34O/c1-4-25(34)28-13-7-10-21(31)16-37-19-24(39-18-23(33)12-9-15-30-27(36)6-3)20-38-17-22(32)11-8-14-29-26(35)5-2;1-7-15(8-2,9-3)13-17-14-16(10-4,11-5)12-6/h4-6,21-24,31-33H,1-3,7-20H2,(H,28,34)(H,29,35)(H,30,36);7-14H2,1-6H3. The van der Waals surface area contributed by atoms with Gasteiger partial charge < -0.3 is 50.2 Å². The van der Waals surface area contributed by atoms with Gasteiger partial charge in [-0.3, -0.25) is 14.4 Å². The number of ether oxygens (including phenoxy) is 4. The summed E-state index contributed by atoms with van der Waals surface area (Å²) in [6.45, 7) is 27.3. The van der Waals surface area contributed by atoms with Gasteiger partial charge in [0.2, 0.25) is 17.7 Å². The molecule has 0 saturated carbocycles. The molecule has 0 aromatic rings. The molecule has 0 aliphatic carbocycles. The van der Waals surface area contributed by atoms with Crippen LogP contribution in [0.2, 0.25) is 0 Å². The lowest BCUT2D eigenvalue weighted by Gasteiger charge is -2.34. The Balaban J connectivity index is 0. The molecule has 13 nitrogen and oxygen atoms in total. The third kappa shape index (κ3) is 28.7. The van der Waals surface area contributed by atoms with E-state index in [1.54, 1.807) is 0 Å². The first-order valence-corrected chi connectivity index (χ1v) is 20.9. The predicted octanol–water partition coefficient (Wildman–Crippen LogP) is 5.17. The molecule has 328 valence electrons. The van der Waals surface area contributed by atoms with E-state index in [-0.39, 0.29) is 50.8 Å². The van der Waals surface area contributed by atoms with Crippen LogP contribution in [0, 0.1) is 10.8 Å². The summed E-state index contributed by atoms with van der Waals surface area (Å²) in [6, 6.07) is 0. The molecule has 0 aliphatic heterocycles. The van der Waals surface area contributed by atoms with Crippen molar-refractivity contribution in [2.45, 2.75) is 143 Å². The minimum Gasteiger partial charge on any atom is -0.391 e. The van der Waals surface area contributed by atoms with Crippen LogP contribution in [0.15, 0.2) is 38.0 Å². The van der Waals surface area contributed by atoms with Crippen LogP contribution in [-0.4, -0.2) is 123 Å². The number of hydrogen-bond acceptors (Lipinski definition) is 10. The second kappa shape index (κ2) is 35.5. The van der Waals surface area contributed by atoms with Gasteiger partial charge in [0.1, 0.15) is 6.10 Å². The summed E-state index contributed by atoms with van der Waals surface area (Å²) in [5, 5.41) is 38.3. The Labute approximate surface area is 339 Å². The Kier molecular flexibility index (Phi) is 35.2. The maximum absolute atomic E-state index is 11.2. The Hall–Kier alpha value is -2.65. The molecule has 0 aliphatic rings. The van der Waals surface area contributed by atoms with Crippen LogP contribution >= 0.6 is 0 Å². The largest absolute Gasteiger partial charge is 0.391 e. The summed E-state index contributed by atoms with van der Waals surface area (Å²) in [6.07, 6.45) is 11.1. The molecule has 3 atom stereocenters. The summed E-state index contributed by atoms with van der Waals surface area (Å²) in [5.41, 5.74) is 0.835. The molecule has 0 fully saturated rings. The minimum absolute atomic E-state index is 0.0178. The minimum atomic E-state index is -0.763. The van der Waals surface area contributed by atoms with Crippen LogP contribution in [0.25, 0.3) is 0 Å². The van der Waals surface area contributed by atoms with Gasteiger partial charge in [-0.15, -0.1) is 0 Å². The van der Waals surface area contributed by atoms with E-state index in [1.807, 2.05) is 0 Å². The molecule has 0 aromatic heterocycles. The lowest BCUT2D eigenvalue weighted by atomic mass is 9.79. The number of aliphatic hydroxyl groups excluding tert-OH is 3. The summed E-state index contributed by atoms with van der Waals surface area (Å²) in [7, 11) is 0. The van der Waals surface area contributed by atoms with E-state index in [0.29, 0.717) is 69.0 Å². The summed E-state index contributed by atoms with van der Waals surface area (Å²) < 4.78 is 23.0. The van der Waals surface area contributed by atoms with Crippen molar-refractivity contribution in [2.75, 3.05) is 65.9 Å². The summed E-state index contributed by atoms with van der Waals surface area (Å²) in [4.78, 5) is 33.5. The monoisotopic (exact) mass is 800 g/mol. The zero-order valence-corrected chi connectivity index (χ0v) is 35.9. The fourth-order valence-electron chi connectivity index (χ4n) is 5.77. The maximum atomic E-state index is 11.2. The average Bonchev–Trinajstić information content (AvgIpc) is 3.22. The van der Waals surface area contributed by atoms with Gasteiger partial charge in [-0.1, -0.05) is 61.3 Å². The SMILES string of the molecule is C=CC(=O)NCCCC(O)COCC(COCC(O)CCCNC(=O)C=C)OCC(O)CCCNC(=O)C=C.CCC(CC)(CC)COCC(CC)(CC)CC. The van der Waals surface area contributed by atoms with Crippen molar-refractivity contribution in [2.24, 2.45) is 10.8 Å². The van der Waals surface area contributed by atoms with E-state index < -0.39 is 24.4 Å². The van der Waals surface area contributed by atoms with Gasteiger partial charge in [-0.2, -0.15) is 0 Å². The summed E-state index contributed by atoms with van der Waals surface area (Å²) in [5.74, 6) is -0.814. The van der Waals surface area contributed by atoms with Crippen LogP contribution in [0.1, 0.15) is 119 Å². The van der Waals surface area contributed by atoms with Crippen molar-refractivity contribution in [3.63, 3.8) is 0 Å². The first-order chi connectivity index (χ1) is 26.8. The molecule has 0 aromatic carbocycles. The predicted molar refractivity (Wildman–Crippen MR) is 224 cm³/mol. The van der Waals surface area contributed by atoms with E-state index >= 15 is 0 Å². The average molecular weight is 800 g/mol. The van der Waals surface area contributed by atoms with E-state index in [0.717, 1.165) is 13.2 Å². The van der Waals surface area contributed by atoms with E-state index in [2.05, 4.69) is 77.2 Å². The third-order valence-corrected chi connectivity index (χ3v) is 10.7. The molecule has 0 saturated heterocycles. The van der Waals surface area contributed by atoms with Gasteiger partial charge in [0.15, 0.2) is 0 Å². The Morgan fingerprint density at radius 1 is 0.518 bits per heavy atom. The summed E-state index contributed by atoms with van der Waals surface area (Å²) >= 11 is 0. The highest BCUT2D eigenvalue weighted by Gasteiger charge is 2.28. The molecule has 0 bridgehead atoms. The van der Waals surface area contributed by atoms with Gasteiger partial charge in [-0.05, 0) is 106 Å². The maximum Gasteiger partial charge on any atom is 0.243 e. The molecule has 13 heteroatoms. The smallest absolute Gasteiger partial charge is 0.243 e. The molecule has 0 heterocycles. The molecule has 6 N–H and O–H groups in total. The second-order valence-corrected chi connectivity index (χ2v) is 14.5. The fourth-order valence-corrected chi connectivity index (χ4v) is 5.77. The van der Waals surface area contributed by atoms with Gasteiger partial charge in [0.05, 0.1) is 64.6 Å².